The second kappa shape index (κ2) is 44.6. The number of carbonyl (C=O) groups is 6. The fourth-order valence-electron chi connectivity index (χ4n) is 8.46. The minimum absolute atomic E-state index is 0.00469. The molecule has 1 aliphatic carbocycles. The first-order chi connectivity index (χ1) is 40.2. The first-order valence-electron chi connectivity index (χ1n) is 29.2. The number of benzene rings is 2. The van der Waals surface area contributed by atoms with E-state index in [9.17, 15) is 28.8 Å². The molecule has 2 atom stereocenters. The van der Waals surface area contributed by atoms with E-state index in [0.29, 0.717) is 176 Å². The molecule has 0 saturated heterocycles. The third-order valence-electron chi connectivity index (χ3n) is 12.9. The van der Waals surface area contributed by atoms with Crippen molar-refractivity contribution >= 4 is 41.5 Å². The fraction of sp³-hybridized carbons (Fsp3) is 0.633. The Bertz CT molecular complexity index is 2260. The highest BCUT2D eigenvalue weighted by atomic mass is 16.6. The molecular formula is C60H91N7O15. The lowest BCUT2D eigenvalue weighted by molar-refractivity contribution is -0.127. The molecule has 0 aromatic heterocycles. The lowest BCUT2D eigenvalue weighted by atomic mass is 9.99. The summed E-state index contributed by atoms with van der Waals surface area (Å²) in [7, 11) is 0. The maximum Gasteiger partial charge on any atom is 0.246 e. The van der Waals surface area contributed by atoms with Crippen molar-refractivity contribution in [3.63, 3.8) is 0 Å². The Labute approximate surface area is 484 Å². The summed E-state index contributed by atoms with van der Waals surface area (Å²) in [5, 5.41) is 14.6. The van der Waals surface area contributed by atoms with Crippen molar-refractivity contribution in [1.82, 2.24) is 26.6 Å². The van der Waals surface area contributed by atoms with E-state index in [1.165, 1.54) is 0 Å². The molecule has 1 heterocycles. The summed E-state index contributed by atoms with van der Waals surface area (Å²) >= 11 is 0. The Morgan fingerprint density at radius 2 is 1.15 bits per heavy atom. The van der Waals surface area contributed by atoms with E-state index in [1.54, 1.807) is 4.90 Å². The minimum Gasteiger partial charge on any atom is -0.399 e. The van der Waals surface area contributed by atoms with Gasteiger partial charge in [-0.1, -0.05) is 61.9 Å². The average Bonchev–Trinajstić information content (AvgIpc) is 3.68. The lowest BCUT2D eigenvalue weighted by Gasteiger charge is -2.26. The van der Waals surface area contributed by atoms with Crippen molar-refractivity contribution < 1.29 is 71.4 Å². The number of rotatable bonds is 46. The van der Waals surface area contributed by atoms with Crippen molar-refractivity contribution in [3.05, 3.63) is 76.6 Å². The molecule has 0 bridgehead atoms. The van der Waals surface area contributed by atoms with Crippen LogP contribution in [0.4, 0.5) is 5.69 Å². The van der Waals surface area contributed by atoms with E-state index < -0.39 is 6.04 Å². The Morgan fingerprint density at radius 1 is 0.598 bits per heavy atom. The first kappa shape index (κ1) is 68.5. The number of hydrogen-bond acceptors (Lipinski definition) is 17. The van der Waals surface area contributed by atoms with Gasteiger partial charge in [-0.15, -0.1) is 0 Å². The van der Waals surface area contributed by atoms with Gasteiger partial charge < -0.3 is 84.6 Å². The number of amides is 5. The number of unbranched alkanes of at least 4 members (excludes halogenated alkanes) is 1. The van der Waals surface area contributed by atoms with Gasteiger partial charge in [0, 0.05) is 68.7 Å². The maximum absolute atomic E-state index is 13.4. The second-order valence-corrected chi connectivity index (χ2v) is 19.4. The highest BCUT2D eigenvalue weighted by Crippen LogP contribution is 2.26. The third kappa shape index (κ3) is 30.9. The van der Waals surface area contributed by atoms with E-state index in [0.717, 1.165) is 60.2 Å². The number of nitrogens with zero attached hydrogens (tertiary/aromatic N) is 1. The molecule has 456 valence electrons. The first-order valence-corrected chi connectivity index (χ1v) is 29.2. The van der Waals surface area contributed by atoms with E-state index in [1.807, 2.05) is 55.5 Å². The number of ether oxygens (including phenoxy) is 9. The van der Waals surface area contributed by atoms with Gasteiger partial charge in [0.1, 0.15) is 12.9 Å². The zero-order chi connectivity index (χ0) is 58.5. The van der Waals surface area contributed by atoms with Crippen molar-refractivity contribution in [2.75, 3.05) is 143 Å². The van der Waals surface area contributed by atoms with Crippen LogP contribution in [0.3, 0.4) is 0 Å². The summed E-state index contributed by atoms with van der Waals surface area (Å²) in [5.41, 5.74) is 11.4. The number of nitrogens with two attached hydrogens (primary N) is 1. The van der Waals surface area contributed by atoms with Gasteiger partial charge in [-0.25, -0.2) is 0 Å². The van der Waals surface area contributed by atoms with Gasteiger partial charge in [0.05, 0.1) is 136 Å². The molecule has 0 fully saturated rings. The Kier molecular flexibility index (Phi) is 37.2. The molecule has 4 rings (SSSR count). The van der Waals surface area contributed by atoms with Crippen LogP contribution in [0.1, 0.15) is 107 Å². The van der Waals surface area contributed by atoms with Crippen LogP contribution < -0.4 is 37.2 Å². The SMILES string of the molecule is CCCNC(=O)CCOCCOCCOCCOCCN/C1=C(\N)C(OCC(=O)NCCCC[C@H](C=O)NC(=O)CCOCCOCCOCCOCCNC(=O)CCC(=O)N2Cc3ccccc3C#Cc3ccccc32)CCCCC1. The molecule has 7 N–H and O–H groups in total. The summed E-state index contributed by atoms with van der Waals surface area (Å²) in [6, 6.07) is 14.7. The number of allylic oxidation sites excluding steroid dienone is 1. The Balaban J connectivity index is 0.902. The molecule has 82 heavy (non-hydrogen) atoms. The van der Waals surface area contributed by atoms with Gasteiger partial charge in [0.25, 0.3) is 0 Å². The molecule has 2 aromatic carbocycles. The molecule has 22 heteroatoms. The van der Waals surface area contributed by atoms with Crippen LogP contribution in [-0.4, -0.2) is 186 Å². The topological polar surface area (TPSA) is 275 Å². The molecule has 2 aromatic rings. The summed E-state index contributed by atoms with van der Waals surface area (Å²) in [6.45, 7) is 10.2. The smallest absolute Gasteiger partial charge is 0.246 e. The van der Waals surface area contributed by atoms with E-state index in [-0.39, 0.29) is 68.1 Å². The summed E-state index contributed by atoms with van der Waals surface area (Å²) in [4.78, 5) is 75.9. The maximum atomic E-state index is 13.4. The largest absolute Gasteiger partial charge is 0.399 e. The van der Waals surface area contributed by atoms with Gasteiger partial charge >= 0.3 is 0 Å². The second-order valence-electron chi connectivity index (χ2n) is 19.4. The molecular weight excluding hydrogens is 1060 g/mol. The number of fused-ring (bicyclic) bond motifs is 2. The predicted molar refractivity (Wildman–Crippen MR) is 308 cm³/mol. The normalized spacial score (nSPS) is 15.2. The molecule has 0 spiro atoms. The van der Waals surface area contributed by atoms with Gasteiger partial charge in [0.2, 0.25) is 29.5 Å². The standard InChI is InChI=1S/C60H91N7O15/c1-2-25-63-56(70)23-29-74-33-37-78-41-43-80-39-35-76-31-27-62-52-16-4-3-5-18-54(60(52)61)82-47-58(72)64-26-11-10-15-51(46-68)66-57(71)24-30-75-34-38-79-42-44-81-40-36-77-32-28-65-55(69)21-22-59(73)67-45-50-14-7-6-12-48(50)19-20-49-13-8-9-17-53(49)67/h6-9,12-14,17,46,51,54,62H,2-5,10-11,15-16,18,21-45,47,61H2,1H3,(H,63,70)(H,64,72)(H,65,69)(H,66,71)/b60-52-/t51-,54?/m1/s1. The van der Waals surface area contributed by atoms with Crippen LogP contribution in [0.25, 0.3) is 0 Å². The number of anilines is 1. The molecule has 22 nitrogen and oxygen atoms in total. The number of aldehydes is 1. The number of hydrogen-bond donors (Lipinski definition) is 6. The van der Waals surface area contributed by atoms with Gasteiger partial charge in [-0.2, -0.15) is 0 Å². The number of para-hydroxylation sites is 1. The van der Waals surface area contributed by atoms with Crippen LogP contribution in [0.15, 0.2) is 59.9 Å². The zero-order valence-corrected chi connectivity index (χ0v) is 48.2. The van der Waals surface area contributed by atoms with Crippen LogP contribution in [0.2, 0.25) is 0 Å². The highest BCUT2D eigenvalue weighted by Gasteiger charge is 2.23. The zero-order valence-electron chi connectivity index (χ0n) is 48.2. The fourth-order valence-corrected chi connectivity index (χ4v) is 8.46. The summed E-state index contributed by atoms with van der Waals surface area (Å²) < 4.78 is 50.3. The average molecular weight is 1150 g/mol. The van der Waals surface area contributed by atoms with E-state index in [2.05, 4.69) is 38.4 Å². The van der Waals surface area contributed by atoms with Crippen LogP contribution >= 0.6 is 0 Å². The molecule has 2 aliphatic rings. The molecule has 5 amide bonds. The van der Waals surface area contributed by atoms with Gasteiger partial charge in [-0.05, 0) is 68.7 Å². The molecule has 1 aliphatic heterocycles. The summed E-state index contributed by atoms with van der Waals surface area (Å²) in [6.07, 6.45) is 7.95. The van der Waals surface area contributed by atoms with E-state index >= 15 is 0 Å². The molecule has 0 saturated carbocycles. The number of nitrogens with one attached hydrogen (secondary N) is 5. The predicted octanol–water partition coefficient (Wildman–Crippen LogP) is 3.35. The van der Waals surface area contributed by atoms with Crippen LogP contribution in [-0.2, 0) is 77.9 Å². The monoisotopic (exact) mass is 1150 g/mol. The molecule has 0 radical (unpaired) electrons. The van der Waals surface area contributed by atoms with Crippen LogP contribution in [0.5, 0.6) is 0 Å². The summed E-state index contributed by atoms with van der Waals surface area (Å²) in [5.74, 6) is 5.46. The van der Waals surface area contributed by atoms with Gasteiger partial charge in [0.15, 0.2) is 0 Å². The number of carbonyl (C=O) groups excluding carboxylic acids is 6. The minimum atomic E-state index is -0.639. The van der Waals surface area contributed by atoms with Crippen molar-refractivity contribution in [2.24, 2.45) is 5.73 Å². The highest BCUT2D eigenvalue weighted by molar-refractivity contribution is 5.97. The van der Waals surface area contributed by atoms with E-state index in [4.69, 9.17) is 48.4 Å². The molecule has 1 unspecified atom stereocenters. The Hall–Kier alpha value is -6.00. The van der Waals surface area contributed by atoms with Gasteiger partial charge in [-0.3, -0.25) is 24.0 Å². The van der Waals surface area contributed by atoms with Crippen LogP contribution in [0, 0.1) is 11.8 Å². The van der Waals surface area contributed by atoms with Crippen molar-refractivity contribution in [1.29, 1.82) is 0 Å². The van der Waals surface area contributed by atoms with Crippen molar-refractivity contribution in [2.45, 2.75) is 109 Å². The van der Waals surface area contributed by atoms with Crippen molar-refractivity contribution in [3.8, 4) is 11.8 Å². The quantitative estimate of drug-likeness (QED) is 0.0315. The third-order valence-corrected chi connectivity index (χ3v) is 12.9. The lowest BCUT2D eigenvalue weighted by Crippen LogP contribution is -2.37. The Morgan fingerprint density at radius 3 is 1.80 bits per heavy atom.